The van der Waals surface area contributed by atoms with E-state index in [4.69, 9.17) is 4.74 Å². The van der Waals surface area contributed by atoms with Crippen LogP contribution in [0.5, 0.6) is 0 Å². The highest BCUT2D eigenvalue weighted by atomic mass is 16.5. The second-order valence-corrected chi connectivity index (χ2v) is 6.08. The first-order valence-corrected chi connectivity index (χ1v) is 8.22. The van der Waals surface area contributed by atoms with Gasteiger partial charge in [-0.2, -0.15) is 0 Å². The molecule has 2 aromatic rings. The molecule has 1 fully saturated rings. The SMILES string of the molecule is CC(C)c1ccccc1Nc1ccc(C(=O)N2CCOCC2)nn1. The van der Waals surface area contributed by atoms with Gasteiger partial charge in [0.1, 0.15) is 0 Å². The van der Waals surface area contributed by atoms with Crippen LogP contribution in [0.1, 0.15) is 35.8 Å². The van der Waals surface area contributed by atoms with E-state index in [0.29, 0.717) is 43.7 Å². The van der Waals surface area contributed by atoms with Crippen LogP contribution in [0.25, 0.3) is 0 Å². The second kappa shape index (κ2) is 7.40. The van der Waals surface area contributed by atoms with Gasteiger partial charge in [0, 0.05) is 18.8 Å². The van der Waals surface area contributed by atoms with E-state index in [1.165, 1.54) is 5.56 Å². The molecule has 1 aromatic heterocycles. The lowest BCUT2D eigenvalue weighted by Crippen LogP contribution is -2.41. The number of anilines is 2. The highest BCUT2D eigenvalue weighted by molar-refractivity contribution is 5.92. The van der Waals surface area contributed by atoms with Gasteiger partial charge >= 0.3 is 0 Å². The first kappa shape index (κ1) is 16.4. The Morgan fingerprint density at radius 1 is 1.12 bits per heavy atom. The van der Waals surface area contributed by atoms with Crippen LogP contribution in [0.15, 0.2) is 36.4 Å². The van der Waals surface area contributed by atoms with Gasteiger partial charge < -0.3 is 15.0 Å². The molecule has 0 radical (unpaired) electrons. The number of ether oxygens (including phenoxy) is 1. The molecule has 3 rings (SSSR count). The summed E-state index contributed by atoms with van der Waals surface area (Å²) in [7, 11) is 0. The summed E-state index contributed by atoms with van der Waals surface area (Å²) >= 11 is 0. The van der Waals surface area contributed by atoms with Crippen LogP contribution < -0.4 is 5.32 Å². The quantitative estimate of drug-likeness (QED) is 0.936. The second-order valence-electron chi connectivity index (χ2n) is 6.08. The summed E-state index contributed by atoms with van der Waals surface area (Å²) in [5.74, 6) is 0.936. The molecule has 2 heterocycles. The molecular weight excluding hydrogens is 304 g/mol. The summed E-state index contributed by atoms with van der Waals surface area (Å²) in [4.78, 5) is 14.1. The lowest BCUT2D eigenvalue weighted by Gasteiger charge is -2.26. The molecule has 1 amide bonds. The highest BCUT2D eigenvalue weighted by Crippen LogP contribution is 2.25. The molecule has 0 spiro atoms. The molecular formula is C18H22N4O2. The smallest absolute Gasteiger partial charge is 0.274 e. The van der Waals surface area contributed by atoms with Crippen LogP contribution in [0, 0.1) is 0 Å². The number of carbonyl (C=O) groups excluding carboxylic acids is 1. The van der Waals surface area contributed by atoms with Gasteiger partial charge in [-0.25, -0.2) is 0 Å². The predicted molar refractivity (Wildman–Crippen MR) is 92.6 cm³/mol. The van der Waals surface area contributed by atoms with Crippen LogP contribution >= 0.6 is 0 Å². The number of morpholine rings is 1. The van der Waals surface area contributed by atoms with Crippen molar-refractivity contribution in [3.8, 4) is 0 Å². The average Bonchev–Trinajstić information content (AvgIpc) is 2.63. The Balaban J connectivity index is 1.72. The lowest BCUT2D eigenvalue weighted by atomic mass is 10.0. The molecule has 0 bridgehead atoms. The van der Waals surface area contributed by atoms with Gasteiger partial charge in [-0.15, -0.1) is 10.2 Å². The fraction of sp³-hybridized carbons (Fsp3) is 0.389. The number of amides is 1. The van der Waals surface area contributed by atoms with Gasteiger partial charge in [-0.05, 0) is 29.7 Å². The van der Waals surface area contributed by atoms with E-state index in [1.807, 2.05) is 18.2 Å². The monoisotopic (exact) mass is 326 g/mol. The summed E-state index contributed by atoms with van der Waals surface area (Å²) < 4.78 is 5.26. The van der Waals surface area contributed by atoms with Crippen LogP contribution in [-0.4, -0.2) is 47.3 Å². The zero-order valence-electron chi connectivity index (χ0n) is 14.0. The van der Waals surface area contributed by atoms with Crippen molar-refractivity contribution < 1.29 is 9.53 Å². The van der Waals surface area contributed by atoms with Crippen molar-refractivity contribution in [2.45, 2.75) is 19.8 Å². The minimum atomic E-state index is -0.0973. The normalized spacial score (nSPS) is 14.7. The van der Waals surface area contributed by atoms with E-state index in [9.17, 15) is 4.79 Å². The van der Waals surface area contributed by atoms with Crippen molar-refractivity contribution in [1.29, 1.82) is 0 Å². The van der Waals surface area contributed by atoms with E-state index in [0.717, 1.165) is 5.69 Å². The number of aromatic nitrogens is 2. The van der Waals surface area contributed by atoms with Crippen LogP contribution in [-0.2, 0) is 4.74 Å². The summed E-state index contributed by atoms with van der Waals surface area (Å²) in [5, 5.41) is 11.5. The molecule has 24 heavy (non-hydrogen) atoms. The largest absolute Gasteiger partial charge is 0.378 e. The molecule has 6 nitrogen and oxygen atoms in total. The van der Waals surface area contributed by atoms with Gasteiger partial charge in [0.25, 0.3) is 5.91 Å². The molecule has 1 aromatic carbocycles. The Kier molecular flexibility index (Phi) is 5.05. The first-order chi connectivity index (χ1) is 11.6. The van der Waals surface area contributed by atoms with Crippen molar-refractivity contribution in [2.24, 2.45) is 0 Å². The number of nitrogens with one attached hydrogen (secondary N) is 1. The minimum absolute atomic E-state index is 0.0973. The molecule has 6 heteroatoms. The molecule has 1 N–H and O–H groups in total. The van der Waals surface area contributed by atoms with E-state index in [2.05, 4.69) is 35.4 Å². The molecule has 0 saturated carbocycles. The zero-order valence-corrected chi connectivity index (χ0v) is 14.0. The molecule has 0 unspecified atom stereocenters. The number of hydrogen-bond donors (Lipinski definition) is 1. The fourth-order valence-electron chi connectivity index (χ4n) is 2.69. The van der Waals surface area contributed by atoms with Crippen molar-refractivity contribution >= 4 is 17.4 Å². The number of carbonyl (C=O) groups is 1. The summed E-state index contributed by atoms with van der Waals surface area (Å²) in [6.45, 7) is 6.65. The van der Waals surface area contributed by atoms with E-state index in [-0.39, 0.29) is 5.91 Å². The van der Waals surface area contributed by atoms with Gasteiger partial charge in [0.2, 0.25) is 0 Å². The number of rotatable bonds is 4. The maximum absolute atomic E-state index is 12.4. The van der Waals surface area contributed by atoms with Crippen LogP contribution in [0.4, 0.5) is 11.5 Å². The van der Waals surface area contributed by atoms with Gasteiger partial charge in [0.05, 0.1) is 13.2 Å². The Bertz CT molecular complexity index is 694. The standard InChI is InChI=1S/C18H22N4O2/c1-13(2)14-5-3-4-6-15(14)19-17-8-7-16(20-21-17)18(23)22-9-11-24-12-10-22/h3-8,13H,9-12H2,1-2H3,(H,19,21). The van der Waals surface area contributed by atoms with Crippen molar-refractivity contribution in [3.63, 3.8) is 0 Å². The summed E-state index contributed by atoms with van der Waals surface area (Å²) in [6, 6.07) is 11.6. The third-order valence-corrected chi connectivity index (χ3v) is 4.03. The fourth-order valence-corrected chi connectivity index (χ4v) is 2.69. The molecule has 0 aliphatic carbocycles. The molecule has 1 saturated heterocycles. The molecule has 1 aliphatic rings. The summed E-state index contributed by atoms with van der Waals surface area (Å²) in [6.07, 6.45) is 0. The van der Waals surface area contributed by atoms with Crippen molar-refractivity contribution in [3.05, 3.63) is 47.7 Å². The first-order valence-electron chi connectivity index (χ1n) is 8.22. The molecule has 1 aliphatic heterocycles. The van der Waals surface area contributed by atoms with E-state index < -0.39 is 0 Å². The minimum Gasteiger partial charge on any atom is -0.378 e. The third-order valence-electron chi connectivity index (χ3n) is 4.03. The number of hydrogen-bond acceptors (Lipinski definition) is 5. The molecule has 0 atom stereocenters. The zero-order chi connectivity index (χ0) is 16.9. The maximum atomic E-state index is 12.4. The number of para-hydroxylation sites is 1. The van der Waals surface area contributed by atoms with Crippen LogP contribution in [0.2, 0.25) is 0 Å². The van der Waals surface area contributed by atoms with Gasteiger partial charge in [0.15, 0.2) is 11.5 Å². The van der Waals surface area contributed by atoms with E-state index in [1.54, 1.807) is 17.0 Å². The number of benzene rings is 1. The lowest BCUT2D eigenvalue weighted by molar-refractivity contribution is 0.0298. The Hall–Kier alpha value is -2.47. The Morgan fingerprint density at radius 3 is 2.54 bits per heavy atom. The van der Waals surface area contributed by atoms with Crippen molar-refractivity contribution in [1.82, 2.24) is 15.1 Å². The number of nitrogens with zero attached hydrogens (tertiary/aromatic N) is 3. The third kappa shape index (κ3) is 3.71. The van der Waals surface area contributed by atoms with Crippen LogP contribution in [0.3, 0.4) is 0 Å². The van der Waals surface area contributed by atoms with E-state index >= 15 is 0 Å². The highest BCUT2D eigenvalue weighted by Gasteiger charge is 2.20. The average molecular weight is 326 g/mol. The Labute approximate surface area is 141 Å². The summed E-state index contributed by atoms with van der Waals surface area (Å²) in [5.41, 5.74) is 2.58. The topological polar surface area (TPSA) is 67.4 Å². The maximum Gasteiger partial charge on any atom is 0.274 e. The Morgan fingerprint density at radius 2 is 1.88 bits per heavy atom. The predicted octanol–water partition coefficient (Wildman–Crippen LogP) is 2.82. The van der Waals surface area contributed by atoms with Gasteiger partial charge in [-0.1, -0.05) is 32.0 Å². The van der Waals surface area contributed by atoms with Gasteiger partial charge in [-0.3, -0.25) is 4.79 Å². The van der Waals surface area contributed by atoms with Crippen molar-refractivity contribution in [2.75, 3.05) is 31.6 Å². The molecule has 126 valence electrons.